The molecule has 1 aromatic heterocycles. The number of halogens is 1. The van der Waals surface area contributed by atoms with Crippen molar-refractivity contribution in [2.75, 3.05) is 29.0 Å². The van der Waals surface area contributed by atoms with Crippen LogP contribution in [0.15, 0.2) is 35.5 Å². The van der Waals surface area contributed by atoms with E-state index in [4.69, 9.17) is 10.7 Å². The first-order valence-electron chi connectivity index (χ1n) is 10.3. The molecule has 0 bridgehead atoms. The lowest BCUT2D eigenvalue weighted by molar-refractivity contribution is -0.116. The molecule has 2 aromatic rings. The second kappa shape index (κ2) is 7.13. The van der Waals surface area contributed by atoms with Gasteiger partial charge in [0.1, 0.15) is 17.5 Å². The molecule has 7 heteroatoms. The molecule has 0 amide bonds. The van der Waals surface area contributed by atoms with Gasteiger partial charge in [0.25, 0.3) is 0 Å². The number of aromatic nitrogens is 2. The molecule has 0 unspecified atom stereocenters. The van der Waals surface area contributed by atoms with Gasteiger partial charge in [-0.2, -0.15) is 9.97 Å². The number of ketones is 1. The number of piperidine rings is 1. The minimum atomic E-state index is -0.578. The Bertz CT molecular complexity index is 1010. The quantitative estimate of drug-likeness (QED) is 0.808. The molecule has 0 radical (unpaired) electrons. The lowest BCUT2D eigenvalue weighted by Gasteiger charge is -2.35. The number of carbonyl (C=O) groups is 1. The molecule has 2 aliphatic heterocycles. The molecule has 0 spiro atoms. The number of nitrogen functional groups attached to an aromatic ring is 1. The lowest BCUT2D eigenvalue weighted by Crippen LogP contribution is -2.33. The first kappa shape index (κ1) is 18.1. The largest absolute Gasteiger partial charge is 0.383 e. The van der Waals surface area contributed by atoms with Crippen LogP contribution in [0, 0.1) is 5.82 Å². The summed E-state index contributed by atoms with van der Waals surface area (Å²) in [5, 5.41) is 3.35. The Morgan fingerprint density at radius 2 is 1.86 bits per heavy atom. The van der Waals surface area contributed by atoms with Crippen LogP contribution in [0.1, 0.15) is 55.6 Å². The van der Waals surface area contributed by atoms with Crippen molar-refractivity contribution in [2.24, 2.45) is 0 Å². The molecule has 29 heavy (non-hydrogen) atoms. The van der Waals surface area contributed by atoms with Gasteiger partial charge in [0.05, 0.1) is 0 Å². The van der Waals surface area contributed by atoms with E-state index in [1.165, 1.54) is 12.5 Å². The monoisotopic (exact) mass is 393 g/mol. The standard InChI is InChI=1S/C22H24FN5O/c23-14-8-3-2-7-13(14)17-18-15(9-6-10-16(18)29)25-21-19(17)20(24)26-22(27-21)28-11-4-1-5-12-28/h2-3,7-8,17H,1,4-6,9-12H2,(H3,24,25,26,27)/t17-/m0/s1. The average molecular weight is 393 g/mol. The zero-order chi connectivity index (χ0) is 20.0. The predicted octanol–water partition coefficient (Wildman–Crippen LogP) is 3.75. The molecular weight excluding hydrogens is 369 g/mol. The maximum absolute atomic E-state index is 14.8. The van der Waals surface area contributed by atoms with Crippen LogP contribution in [0.2, 0.25) is 0 Å². The van der Waals surface area contributed by atoms with E-state index < -0.39 is 5.92 Å². The number of hydrogen-bond donors (Lipinski definition) is 2. The van der Waals surface area contributed by atoms with Crippen LogP contribution in [0.25, 0.3) is 0 Å². The summed E-state index contributed by atoms with van der Waals surface area (Å²) in [5.41, 5.74) is 8.91. The Balaban J connectivity index is 1.68. The highest BCUT2D eigenvalue weighted by Gasteiger charge is 2.39. The topological polar surface area (TPSA) is 84.1 Å². The summed E-state index contributed by atoms with van der Waals surface area (Å²) < 4.78 is 14.8. The number of carbonyl (C=O) groups excluding carboxylic acids is 1. The van der Waals surface area contributed by atoms with Gasteiger partial charge in [-0.15, -0.1) is 0 Å². The minimum Gasteiger partial charge on any atom is -0.383 e. The van der Waals surface area contributed by atoms with Crippen molar-refractivity contribution in [2.45, 2.75) is 44.4 Å². The number of nitrogens with one attached hydrogen (secondary N) is 1. The van der Waals surface area contributed by atoms with Gasteiger partial charge in [-0.05, 0) is 38.2 Å². The van der Waals surface area contributed by atoms with Crippen LogP contribution in [0.5, 0.6) is 0 Å². The Kier molecular flexibility index (Phi) is 4.45. The third-order valence-electron chi connectivity index (χ3n) is 6.12. The van der Waals surface area contributed by atoms with Crippen LogP contribution < -0.4 is 16.0 Å². The Morgan fingerprint density at radius 3 is 2.66 bits per heavy atom. The van der Waals surface area contributed by atoms with Crippen molar-refractivity contribution >= 4 is 23.4 Å². The molecular formula is C22H24FN5O. The van der Waals surface area contributed by atoms with Gasteiger partial charge < -0.3 is 16.0 Å². The molecule has 6 nitrogen and oxygen atoms in total. The van der Waals surface area contributed by atoms with Crippen molar-refractivity contribution in [3.63, 3.8) is 0 Å². The average Bonchev–Trinajstić information content (AvgIpc) is 2.73. The van der Waals surface area contributed by atoms with Gasteiger partial charge in [0.2, 0.25) is 5.95 Å². The maximum atomic E-state index is 14.8. The number of allylic oxidation sites excluding steroid dienone is 2. The Labute approximate surface area is 169 Å². The van der Waals surface area contributed by atoms with Crippen LogP contribution >= 0.6 is 0 Å². The maximum Gasteiger partial charge on any atom is 0.229 e. The van der Waals surface area contributed by atoms with Gasteiger partial charge >= 0.3 is 0 Å². The van der Waals surface area contributed by atoms with E-state index in [0.29, 0.717) is 40.7 Å². The molecule has 3 N–H and O–H groups in total. The second-order valence-corrected chi connectivity index (χ2v) is 7.97. The van der Waals surface area contributed by atoms with E-state index >= 15 is 0 Å². The van der Waals surface area contributed by atoms with Crippen molar-refractivity contribution < 1.29 is 9.18 Å². The molecule has 5 rings (SSSR count). The molecule has 1 saturated heterocycles. The predicted molar refractivity (Wildman–Crippen MR) is 110 cm³/mol. The highest BCUT2D eigenvalue weighted by Crippen LogP contribution is 2.47. The summed E-state index contributed by atoms with van der Waals surface area (Å²) in [4.78, 5) is 24.3. The van der Waals surface area contributed by atoms with E-state index in [-0.39, 0.29) is 11.6 Å². The first-order chi connectivity index (χ1) is 14.1. The smallest absolute Gasteiger partial charge is 0.229 e. The van der Waals surface area contributed by atoms with Gasteiger partial charge in [0.15, 0.2) is 5.78 Å². The number of hydrogen-bond acceptors (Lipinski definition) is 6. The number of anilines is 3. The highest BCUT2D eigenvalue weighted by atomic mass is 19.1. The third-order valence-corrected chi connectivity index (χ3v) is 6.12. The van der Waals surface area contributed by atoms with Crippen molar-refractivity contribution in [1.29, 1.82) is 0 Å². The van der Waals surface area contributed by atoms with E-state index in [0.717, 1.165) is 44.5 Å². The first-order valence-corrected chi connectivity index (χ1v) is 10.3. The third kappa shape index (κ3) is 3.05. The normalized spacial score (nSPS) is 21.5. The van der Waals surface area contributed by atoms with Gasteiger partial charge in [0, 0.05) is 47.8 Å². The summed E-state index contributed by atoms with van der Waals surface area (Å²) >= 11 is 0. The molecule has 1 aromatic carbocycles. The van der Waals surface area contributed by atoms with Crippen LogP contribution in [-0.2, 0) is 4.79 Å². The second-order valence-electron chi connectivity index (χ2n) is 7.97. The molecule has 0 saturated carbocycles. The fourth-order valence-corrected chi connectivity index (χ4v) is 4.73. The van der Waals surface area contributed by atoms with E-state index in [2.05, 4.69) is 15.2 Å². The molecule has 1 fully saturated rings. The summed E-state index contributed by atoms with van der Waals surface area (Å²) in [5.74, 6) is 0.617. The zero-order valence-corrected chi connectivity index (χ0v) is 16.2. The van der Waals surface area contributed by atoms with Gasteiger partial charge in [-0.1, -0.05) is 18.2 Å². The van der Waals surface area contributed by atoms with Crippen molar-refractivity contribution in [3.05, 3.63) is 52.5 Å². The SMILES string of the molecule is Nc1nc(N2CCCCC2)nc2c1[C@@H](c1ccccc1F)C1=C(CCCC1=O)N2. The fourth-order valence-electron chi connectivity index (χ4n) is 4.73. The molecule has 3 aliphatic rings. The number of benzene rings is 1. The van der Waals surface area contributed by atoms with Crippen LogP contribution in [0.4, 0.5) is 22.0 Å². The zero-order valence-electron chi connectivity index (χ0n) is 16.2. The molecule has 150 valence electrons. The summed E-state index contributed by atoms with van der Waals surface area (Å²) in [6.45, 7) is 1.81. The van der Waals surface area contributed by atoms with Gasteiger partial charge in [-0.25, -0.2) is 4.39 Å². The number of fused-ring (bicyclic) bond motifs is 1. The molecule has 3 heterocycles. The fraction of sp³-hybridized carbons (Fsp3) is 0.409. The van der Waals surface area contributed by atoms with E-state index in [9.17, 15) is 9.18 Å². The number of nitrogens with two attached hydrogens (primary N) is 1. The van der Waals surface area contributed by atoms with Gasteiger partial charge in [-0.3, -0.25) is 4.79 Å². The van der Waals surface area contributed by atoms with Crippen LogP contribution in [-0.4, -0.2) is 28.8 Å². The van der Waals surface area contributed by atoms with E-state index in [1.54, 1.807) is 18.2 Å². The van der Waals surface area contributed by atoms with Crippen molar-refractivity contribution in [3.8, 4) is 0 Å². The summed E-state index contributed by atoms with van der Waals surface area (Å²) in [7, 11) is 0. The molecule has 1 atom stereocenters. The number of rotatable bonds is 2. The number of nitrogens with zero attached hydrogens (tertiary/aromatic N) is 3. The van der Waals surface area contributed by atoms with Crippen molar-refractivity contribution in [1.82, 2.24) is 9.97 Å². The Morgan fingerprint density at radius 1 is 1.07 bits per heavy atom. The van der Waals surface area contributed by atoms with E-state index in [1.807, 2.05) is 0 Å². The minimum absolute atomic E-state index is 0.0390. The summed E-state index contributed by atoms with van der Waals surface area (Å²) in [6, 6.07) is 6.58. The molecule has 1 aliphatic carbocycles. The lowest BCUT2D eigenvalue weighted by atomic mass is 9.76. The number of Topliss-reactive ketones (excluding diaryl/α,β-unsaturated/α-hetero) is 1. The van der Waals surface area contributed by atoms with Crippen LogP contribution in [0.3, 0.4) is 0 Å². The summed E-state index contributed by atoms with van der Waals surface area (Å²) in [6.07, 6.45) is 5.42. The Hall–Kier alpha value is -2.96. The highest BCUT2D eigenvalue weighted by molar-refractivity contribution is 6.01.